The minimum atomic E-state index is 0.584. The lowest BCUT2D eigenvalue weighted by atomic mass is 10.1. The molecule has 2 aromatic rings. The Hall–Kier alpha value is -1.36. The lowest BCUT2D eigenvalue weighted by molar-refractivity contribution is 0.624. The molecule has 2 N–H and O–H groups in total. The van der Waals surface area contributed by atoms with Crippen molar-refractivity contribution in [2.24, 2.45) is 0 Å². The first-order valence-corrected chi connectivity index (χ1v) is 6.34. The Kier molecular flexibility index (Phi) is 3.47. The van der Waals surface area contributed by atoms with Gasteiger partial charge in [0.25, 0.3) is 0 Å². The first kappa shape index (κ1) is 12.1. The van der Waals surface area contributed by atoms with Crippen molar-refractivity contribution < 1.29 is 0 Å². The highest BCUT2D eigenvalue weighted by molar-refractivity contribution is 9.10. The molecule has 0 bridgehead atoms. The summed E-state index contributed by atoms with van der Waals surface area (Å²) in [5.74, 6) is 0.584. The van der Waals surface area contributed by atoms with Crippen LogP contribution in [0.4, 0.5) is 5.82 Å². The number of pyridine rings is 1. The molecule has 0 saturated carbocycles. The number of hydrogen-bond donors (Lipinski definition) is 1. The van der Waals surface area contributed by atoms with Gasteiger partial charge in [0.15, 0.2) is 0 Å². The average molecular weight is 295 g/mol. The zero-order chi connectivity index (χ0) is 12.4. The van der Waals surface area contributed by atoms with Crippen LogP contribution in [-0.2, 0) is 13.0 Å². The Labute approximate surface area is 109 Å². The topological polar surface area (TPSA) is 56.7 Å². The van der Waals surface area contributed by atoms with Crippen LogP contribution in [0, 0.1) is 6.92 Å². The summed E-state index contributed by atoms with van der Waals surface area (Å²) in [5.41, 5.74) is 9.04. The second-order valence-corrected chi connectivity index (χ2v) is 4.68. The highest BCUT2D eigenvalue weighted by atomic mass is 79.9. The Morgan fingerprint density at radius 2 is 2.24 bits per heavy atom. The maximum absolute atomic E-state index is 5.86. The molecule has 0 saturated heterocycles. The van der Waals surface area contributed by atoms with E-state index in [1.165, 1.54) is 0 Å². The maximum Gasteiger partial charge on any atom is 0.126 e. The number of aryl methyl sites for hydroxylation is 2. The minimum Gasteiger partial charge on any atom is -0.383 e. The van der Waals surface area contributed by atoms with E-state index in [9.17, 15) is 0 Å². The quantitative estimate of drug-likeness (QED) is 0.946. The Bertz CT molecular complexity index is 533. The van der Waals surface area contributed by atoms with E-state index in [0.717, 1.165) is 34.4 Å². The first-order chi connectivity index (χ1) is 8.13. The van der Waals surface area contributed by atoms with Crippen LogP contribution in [0.2, 0.25) is 0 Å². The van der Waals surface area contributed by atoms with Crippen molar-refractivity contribution in [3.63, 3.8) is 0 Å². The van der Waals surface area contributed by atoms with Gasteiger partial charge >= 0.3 is 0 Å². The number of nitrogens with zero attached hydrogens (tertiary/aromatic N) is 3. The Morgan fingerprint density at radius 3 is 2.88 bits per heavy atom. The Morgan fingerprint density at radius 1 is 1.47 bits per heavy atom. The maximum atomic E-state index is 5.86. The van der Waals surface area contributed by atoms with Gasteiger partial charge in [0.2, 0.25) is 0 Å². The second kappa shape index (κ2) is 4.87. The molecule has 0 aliphatic carbocycles. The first-order valence-electron chi connectivity index (χ1n) is 5.54. The summed E-state index contributed by atoms with van der Waals surface area (Å²) in [6, 6.07) is 3.90. The molecule has 2 heterocycles. The molecule has 0 spiro atoms. The van der Waals surface area contributed by atoms with Crippen LogP contribution >= 0.6 is 15.9 Å². The van der Waals surface area contributed by atoms with Crippen molar-refractivity contribution in [2.75, 3.05) is 5.73 Å². The highest BCUT2D eigenvalue weighted by Gasteiger charge is 2.13. The van der Waals surface area contributed by atoms with Crippen molar-refractivity contribution in [2.45, 2.75) is 26.8 Å². The van der Waals surface area contributed by atoms with E-state index in [1.807, 2.05) is 23.7 Å². The molecule has 0 aliphatic rings. The fourth-order valence-electron chi connectivity index (χ4n) is 1.82. The number of nitrogen functional groups attached to an aromatic ring is 1. The second-order valence-electron chi connectivity index (χ2n) is 3.89. The summed E-state index contributed by atoms with van der Waals surface area (Å²) in [4.78, 5) is 4.10. The smallest absolute Gasteiger partial charge is 0.126 e. The molecule has 0 aromatic carbocycles. The number of aromatic nitrogens is 3. The number of nitrogens with two attached hydrogens (primary N) is 1. The van der Waals surface area contributed by atoms with Gasteiger partial charge in [-0.2, -0.15) is 5.10 Å². The van der Waals surface area contributed by atoms with Gasteiger partial charge in [-0.1, -0.05) is 6.07 Å². The van der Waals surface area contributed by atoms with Crippen LogP contribution in [0.5, 0.6) is 0 Å². The van der Waals surface area contributed by atoms with E-state index in [1.54, 1.807) is 6.20 Å². The van der Waals surface area contributed by atoms with E-state index in [2.05, 4.69) is 32.9 Å². The molecule has 17 heavy (non-hydrogen) atoms. The number of hydrogen-bond acceptors (Lipinski definition) is 3. The van der Waals surface area contributed by atoms with E-state index in [4.69, 9.17) is 5.73 Å². The molecule has 90 valence electrons. The van der Waals surface area contributed by atoms with Crippen molar-refractivity contribution in [1.29, 1.82) is 0 Å². The summed E-state index contributed by atoms with van der Waals surface area (Å²) in [6.07, 6.45) is 2.45. The highest BCUT2D eigenvalue weighted by Crippen LogP contribution is 2.24. The van der Waals surface area contributed by atoms with E-state index in [0.29, 0.717) is 5.82 Å². The molecular formula is C12H15BrN4. The molecule has 0 radical (unpaired) electrons. The van der Waals surface area contributed by atoms with Gasteiger partial charge in [-0.05, 0) is 35.8 Å². The largest absolute Gasteiger partial charge is 0.383 e. The monoisotopic (exact) mass is 294 g/mol. The predicted octanol–water partition coefficient (Wildman–Crippen LogP) is 2.54. The van der Waals surface area contributed by atoms with Crippen molar-refractivity contribution in [3.05, 3.63) is 39.8 Å². The van der Waals surface area contributed by atoms with Gasteiger partial charge < -0.3 is 5.73 Å². The molecule has 2 aromatic heterocycles. The molecular weight excluding hydrogens is 280 g/mol. The van der Waals surface area contributed by atoms with Crippen molar-refractivity contribution in [3.8, 4) is 0 Å². The zero-order valence-corrected chi connectivity index (χ0v) is 11.5. The molecule has 0 aliphatic heterocycles. The lowest BCUT2D eigenvalue weighted by Gasteiger charge is -2.07. The standard InChI is InChI=1S/C12H15BrN4/c1-3-17-10(11(13)8(2)16-17)7-9-5-4-6-15-12(9)14/h4-6H,3,7H2,1-2H3,(H2,14,15). The molecule has 5 heteroatoms. The predicted molar refractivity (Wildman–Crippen MR) is 71.8 cm³/mol. The van der Waals surface area contributed by atoms with Gasteiger partial charge in [-0.3, -0.25) is 4.68 Å². The van der Waals surface area contributed by atoms with E-state index < -0.39 is 0 Å². The average Bonchev–Trinajstić information content (AvgIpc) is 2.59. The minimum absolute atomic E-state index is 0.584. The summed E-state index contributed by atoms with van der Waals surface area (Å²) in [7, 11) is 0. The number of rotatable bonds is 3. The van der Waals surface area contributed by atoms with Gasteiger partial charge in [0.1, 0.15) is 5.82 Å². The van der Waals surface area contributed by atoms with Gasteiger partial charge in [0.05, 0.1) is 15.9 Å². The summed E-state index contributed by atoms with van der Waals surface area (Å²) < 4.78 is 3.05. The number of halogens is 1. The SMILES string of the molecule is CCn1nc(C)c(Br)c1Cc1cccnc1N. The Balaban J connectivity index is 2.39. The van der Waals surface area contributed by atoms with Crippen LogP contribution < -0.4 is 5.73 Å². The summed E-state index contributed by atoms with van der Waals surface area (Å²) in [5, 5.41) is 4.46. The fourth-order valence-corrected chi connectivity index (χ4v) is 2.24. The van der Waals surface area contributed by atoms with Crippen LogP contribution in [0.3, 0.4) is 0 Å². The normalized spacial score (nSPS) is 10.8. The van der Waals surface area contributed by atoms with Crippen molar-refractivity contribution >= 4 is 21.7 Å². The van der Waals surface area contributed by atoms with E-state index >= 15 is 0 Å². The third kappa shape index (κ3) is 2.34. The molecule has 2 rings (SSSR count). The lowest BCUT2D eigenvalue weighted by Crippen LogP contribution is -2.05. The molecule has 4 nitrogen and oxygen atoms in total. The zero-order valence-electron chi connectivity index (χ0n) is 9.94. The molecule has 0 unspecified atom stereocenters. The number of anilines is 1. The van der Waals surface area contributed by atoms with Crippen LogP contribution in [-0.4, -0.2) is 14.8 Å². The summed E-state index contributed by atoms with van der Waals surface area (Å²) >= 11 is 3.58. The molecule has 0 atom stereocenters. The van der Waals surface area contributed by atoms with Crippen molar-refractivity contribution in [1.82, 2.24) is 14.8 Å². The summed E-state index contributed by atoms with van der Waals surface area (Å²) in [6.45, 7) is 4.92. The van der Waals surface area contributed by atoms with Gasteiger partial charge in [-0.25, -0.2) is 4.98 Å². The van der Waals surface area contributed by atoms with Crippen LogP contribution in [0.1, 0.15) is 23.9 Å². The molecule has 0 fully saturated rings. The van der Waals surface area contributed by atoms with Crippen LogP contribution in [0.25, 0.3) is 0 Å². The van der Waals surface area contributed by atoms with Crippen LogP contribution in [0.15, 0.2) is 22.8 Å². The third-order valence-corrected chi connectivity index (χ3v) is 3.77. The fraction of sp³-hybridized carbons (Fsp3) is 0.333. The molecule has 0 amide bonds. The van der Waals surface area contributed by atoms with E-state index in [-0.39, 0.29) is 0 Å². The third-order valence-electron chi connectivity index (χ3n) is 2.74. The van der Waals surface area contributed by atoms with Gasteiger partial charge in [0, 0.05) is 24.7 Å². The van der Waals surface area contributed by atoms with Gasteiger partial charge in [-0.15, -0.1) is 0 Å².